The number of likely N-dealkylation sites (tertiary alicyclic amines) is 1. The minimum absolute atomic E-state index is 0.00284. The van der Waals surface area contributed by atoms with E-state index in [9.17, 15) is 24.6 Å². The molecule has 2 amide bonds. The number of para-hydroxylation sites is 1. The SMILES string of the molecule is COc1ccccc1CN1C[C@@H](SC2=C(C(=O)O)N3C(=O)[C@H]([C@@H](C)O)[C@H]3[C@H]2C)C[C@H]1C(=O)N(C)C. The van der Waals surface area contributed by atoms with Gasteiger partial charge in [0.05, 0.1) is 31.2 Å². The second-order valence-electron chi connectivity index (χ2n) is 9.74. The number of carboxylic acids is 1. The van der Waals surface area contributed by atoms with Crippen LogP contribution in [0.4, 0.5) is 0 Å². The number of carboxylic acid groups (broad SMARTS) is 1. The third-order valence-corrected chi connectivity index (χ3v) is 8.76. The van der Waals surface area contributed by atoms with Crippen LogP contribution in [0.1, 0.15) is 25.8 Å². The summed E-state index contributed by atoms with van der Waals surface area (Å²) in [7, 11) is 5.10. The highest BCUT2D eigenvalue weighted by molar-refractivity contribution is 8.03. The van der Waals surface area contributed by atoms with Gasteiger partial charge in [-0.15, -0.1) is 11.8 Å². The van der Waals surface area contributed by atoms with Crippen molar-refractivity contribution in [3.63, 3.8) is 0 Å². The Morgan fingerprint density at radius 3 is 2.57 bits per heavy atom. The van der Waals surface area contributed by atoms with E-state index in [4.69, 9.17) is 4.74 Å². The molecule has 0 aliphatic carbocycles. The van der Waals surface area contributed by atoms with Crippen LogP contribution in [-0.4, -0.2) is 93.9 Å². The lowest BCUT2D eigenvalue weighted by atomic mass is 9.79. The van der Waals surface area contributed by atoms with Crippen LogP contribution < -0.4 is 4.74 Å². The Labute approximate surface area is 209 Å². The maximum absolute atomic E-state index is 13.1. The molecule has 0 bridgehead atoms. The summed E-state index contributed by atoms with van der Waals surface area (Å²) in [5, 5.41) is 20.0. The number of β-lactam (4-membered cyclic amide) rings is 1. The van der Waals surface area contributed by atoms with Gasteiger partial charge in [0.15, 0.2) is 0 Å². The zero-order valence-corrected chi connectivity index (χ0v) is 21.5. The third-order valence-electron chi connectivity index (χ3n) is 7.26. The Balaban J connectivity index is 1.59. The highest BCUT2D eigenvalue weighted by Crippen LogP contribution is 2.52. The zero-order chi connectivity index (χ0) is 25.6. The van der Waals surface area contributed by atoms with Crippen LogP contribution in [0.3, 0.4) is 0 Å². The van der Waals surface area contributed by atoms with E-state index in [2.05, 4.69) is 4.90 Å². The predicted molar refractivity (Wildman–Crippen MR) is 132 cm³/mol. The van der Waals surface area contributed by atoms with E-state index in [1.165, 1.54) is 16.7 Å². The maximum atomic E-state index is 13.1. The van der Waals surface area contributed by atoms with Crippen LogP contribution in [0.5, 0.6) is 5.75 Å². The van der Waals surface area contributed by atoms with Gasteiger partial charge in [0.1, 0.15) is 11.4 Å². The molecule has 0 aromatic heterocycles. The minimum Gasteiger partial charge on any atom is -0.496 e. The molecule has 0 radical (unpaired) electrons. The number of ether oxygens (including phenoxy) is 1. The van der Waals surface area contributed by atoms with Crippen LogP contribution in [0.15, 0.2) is 34.9 Å². The molecular formula is C25H33N3O6S. The van der Waals surface area contributed by atoms with Gasteiger partial charge in [0, 0.05) is 48.8 Å². The molecule has 2 fully saturated rings. The molecule has 9 nitrogen and oxygen atoms in total. The summed E-state index contributed by atoms with van der Waals surface area (Å²) in [5.74, 6) is -1.50. The third kappa shape index (κ3) is 4.43. The van der Waals surface area contributed by atoms with Crippen molar-refractivity contribution in [3.05, 3.63) is 40.4 Å². The highest BCUT2D eigenvalue weighted by atomic mass is 32.2. The molecule has 2 saturated heterocycles. The molecular weight excluding hydrogens is 470 g/mol. The van der Waals surface area contributed by atoms with Gasteiger partial charge >= 0.3 is 5.97 Å². The number of nitrogens with zero attached hydrogens (tertiary/aromatic N) is 3. The van der Waals surface area contributed by atoms with E-state index >= 15 is 0 Å². The summed E-state index contributed by atoms with van der Waals surface area (Å²) in [6, 6.07) is 7.02. The molecule has 0 spiro atoms. The molecule has 6 atom stereocenters. The molecule has 2 N–H and O–H groups in total. The first-order chi connectivity index (χ1) is 16.6. The summed E-state index contributed by atoms with van der Waals surface area (Å²) < 4.78 is 5.50. The molecule has 0 saturated carbocycles. The Morgan fingerprint density at radius 1 is 1.29 bits per heavy atom. The molecule has 4 rings (SSSR count). The van der Waals surface area contributed by atoms with Crippen LogP contribution in [0, 0.1) is 11.8 Å². The number of hydrogen-bond donors (Lipinski definition) is 2. The normalized spacial score (nSPS) is 29.1. The van der Waals surface area contributed by atoms with Crippen LogP contribution in [0.25, 0.3) is 0 Å². The molecule has 10 heteroatoms. The van der Waals surface area contributed by atoms with Crippen molar-refractivity contribution < 1.29 is 29.3 Å². The quantitative estimate of drug-likeness (QED) is 0.515. The van der Waals surface area contributed by atoms with Crippen molar-refractivity contribution in [3.8, 4) is 5.75 Å². The maximum Gasteiger partial charge on any atom is 0.353 e. The number of carbonyl (C=O) groups is 3. The number of rotatable bonds is 8. The molecule has 35 heavy (non-hydrogen) atoms. The van der Waals surface area contributed by atoms with E-state index in [1.807, 2.05) is 31.2 Å². The fourth-order valence-electron chi connectivity index (χ4n) is 5.59. The summed E-state index contributed by atoms with van der Waals surface area (Å²) in [6.07, 6.45) is -0.270. The lowest BCUT2D eigenvalue weighted by Crippen LogP contribution is -2.63. The number of likely N-dealkylation sites (N-methyl/N-ethyl adjacent to an activating group) is 1. The zero-order valence-electron chi connectivity index (χ0n) is 20.7. The Bertz CT molecular complexity index is 1060. The van der Waals surface area contributed by atoms with Gasteiger partial charge < -0.3 is 24.7 Å². The summed E-state index contributed by atoms with van der Waals surface area (Å²) in [4.78, 5) is 43.6. The predicted octanol–water partition coefficient (Wildman–Crippen LogP) is 1.61. The smallest absolute Gasteiger partial charge is 0.353 e. The first kappa shape index (κ1) is 25.5. The fraction of sp³-hybridized carbons (Fsp3) is 0.560. The first-order valence-electron chi connectivity index (χ1n) is 11.8. The average molecular weight is 504 g/mol. The Hall–Kier alpha value is -2.56. The number of thioether (sulfide) groups is 1. The molecule has 1 aromatic rings. The van der Waals surface area contributed by atoms with Crippen LogP contribution in [-0.2, 0) is 20.9 Å². The van der Waals surface area contributed by atoms with E-state index < -0.39 is 18.0 Å². The van der Waals surface area contributed by atoms with Gasteiger partial charge in [-0.05, 0) is 19.4 Å². The number of aliphatic hydroxyl groups excluding tert-OH is 1. The van der Waals surface area contributed by atoms with Crippen molar-refractivity contribution in [2.75, 3.05) is 27.7 Å². The first-order valence-corrected chi connectivity index (χ1v) is 12.7. The van der Waals surface area contributed by atoms with Crippen molar-refractivity contribution in [1.29, 1.82) is 0 Å². The minimum atomic E-state index is -1.14. The number of amides is 2. The van der Waals surface area contributed by atoms with E-state index in [0.29, 0.717) is 24.4 Å². The highest BCUT2D eigenvalue weighted by Gasteiger charge is 2.60. The van der Waals surface area contributed by atoms with E-state index in [0.717, 1.165) is 11.3 Å². The molecule has 3 aliphatic rings. The number of hydrogen-bond acceptors (Lipinski definition) is 7. The van der Waals surface area contributed by atoms with Gasteiger partial charge in [0.2, 0.25) is 11.8 Å². The van der Waals surface area contributed by atoms with Gasteiger partial charge in [-0.25, -0.2) is 4.79 Å². The molecule has 190 valence electrons. The van der Waals surface area contributed by atoms with Gasteiger partial charge in [-0.3, -0.25) is 14.5 Å². The topological polar surface area (TPSA) is 111 Å². The van der Waals surface area contributed by atoms with Crippen LogP contribution >= 0.6 is 11.8 Å². The molecule has 3 aliphatic heterocycles. The van der Waals surface area contributed by atoms with Gasteiger partial charge in [-0.2, -0.15) is 0 Å². The largest absolute Gasteiger partial charge is 0.496 e. The summed E-state index contributed by atoms with van der Waals surface area (Å²) in [6.45, 7) is 4.61. The second kappa shape index (κ2) is 9.83. The van der Waals surface area contributed by atoms with Gasteiger partial charge in [-0.1, -0.05) is 25.1 Å². The van der Waals surface area contributed by atoms with Crippen molar-refractivity contribution >= 4 is 29.5 Å². The average Bonchev–Trinajstić information content (AvgIpc) is 3.30. The number of methoxy groups -OCH3 is 1. The van der Waals surface area contributed by atoms with Gasteiger partial charge in [0.25, 0.3) is 0 Å². The van der Waals surface area contributed by atoms with E-state index in [-0.39, 0.29) is 40.8 Å². The number of fused-ring (bicyclic) bond motifs is 1. The Morgan fingerprint density at radius 2 is 1.97 bits per heavy atom. The summed E-state index contributed by atoms with van der Waals surface area (Å²) >= 11 is 1.46. The Kier molecular flexibility index (Phi) is 7.17. The van der Waals surface area contributed by atoms with Crippen molar-refractivity contribution in [2.45, 2.75) is 50.3 Å². The molecule has 3 heterocycles. The number of aliphatic hydroxyl groups is 1. The standard InChI is InChI=1S/C25H33N3O6S/c1-13-20-19(14(2)29)24(31)28(20)21(25(32)33)22(13)35-16-10-17(23(30)26(3)4)27(12-16)11-15-8-6-7-9-18(15)34-5/h6-9,13-14,16-17,19-20,29H,10-12H2,1-5H3,(H,32,33)/t13-,14-,16+,17+,19-,20-/m1/s1. The van der Waals surface area contributed by atoms with Crippen molar-refractivity contribution in [1.82, 2.24) is 14.7 Å². The lowest BCUT2D eigenvalue weighted by Gasteiger charge is -2.46. The monoisotopic (exact) mass is 503 g/mol. The summed E-state index contributed by atoms with van der Waals surface area (Å²) in [5.41, 5.74) is 1.000. The lowest BCUT2D eigenvalue weighted by molar-refractivity contribution is -0.163. The number of carbonyl (C=O) groups excluding carboxylic acids is 2. The number of aliphatic carboxylic acids is 1. The van der Waals surface area contributed by atoms with Crippen LogP contribution in [0.2, 0.25) is 0 Å². The second-order valence-corrected chi connectivity index (χ2v) is 11.1. The fourth-order valence-corrected chi connectivity index (χ4v) is 7.14. The molecule has 0 unspecified atom stereocenters. The number of benzene rings is 1. The molecule has 1 aromatic carbocycles. The van der Waals surface area contributed by atoms with Crippen molar-refractivity contribution in [2.24, 2.45) is 11.8 Å². The van der Waals surface area contributed by atoms with E-state index in [1.54, 1.807) is 33.0 Å².